The van der Waals surface area contributed by atoms with E-state index in [-0.39, 0.29) is 0 Å². The minimum absolute atomic E-state index is 0.501. The molecule has 0 amide bonds. The Hall–Kier alpha value is -3.59. The number of pyridine rings is 1. The van der Waals surface area contributed by atoms with E-state index in [0.717, 1.165) is 32.1 Å². The molecule has 1 aliphatic rings. The van der Waals surface area contributed by atoms with Gasteiger partial charge in [-0.05, 0) is 51.1 Å². The second-order valence-electron chi connectivity index (χ2n) is 7.84. The number of nitrogens with one attached hydrogen (secondary N) is 1. The maximum absolute atomic E-state index is 9.47. The standard InChI is InChI=1S/C20H14N6S.C5H11N/c1-13-17(11-23-25(13)2)15-7-19(20-16(9-22)10-24-26(20)12-15)27-18-6-4-3-5-14(18)8-21;1-2-4-6-5-3-1/h3-7,10-12H,1-2H3;6H,1-5H2. The Balaban J connectivity index is 0.000000376. The van der Waals surface area contributed by atoms with Crippen LogP contribution < -0.4 is 5.32 Å². The first-order valence-corrected chi connectivity index (χ1v) is 11.7. The van der Waals surface area contributed by atoms with Gasteiger partial charge in [-0.2, -0.15) is 20.7 Å². The summed E-state index contributed by atoms with van der Waals surface area (Å²) < 4.78 is 3.54. The Bertz CT molecular complexity index is 1340. The number of nitriles is 2. The van der Waals surface area contributed by atoms with Crippen LogP contribution in [0.2, 0.25) is 0 Å². The summed E-state index contributed by atoms with van der Waals surface area (Å²) in [6.07, 6.45) is 9.51. The van der Waals surface area contributed by atoms with E-state index in [1.165, 1.54) is 44.1 Å². The van der Waals surface area contributed by atoms with E-state index in [2.05, 4.69) is 27.7 Å². The van der Waals surface area contributed by atoms with Crippen LogP contribution in [-0.2, 0) is 7.05 Å². The van der Waals surface area contributed by atoms with Crippen LogP contribution in [0.15, 0.2) is 58.7 Å². The predicted molar refractivity (Wildman–Crippen MR) is 129 cm³/mol. The highest BCUT2D eigenvalue weighted by Crippen LogP contribution is 2.37. The van der Waals surface area contributed by atoms with Crippen molar-refractivity contribution in [3.63, 3.8) is 0 Å². The second kappa shape index (κ2) is 10.4. The van der Waals surface area contributed by atoms with Crippen molar-refractivity contribution in [3.8, 4) is 23.3 Å². The molecule has 4 aromatic rings. The zero-order chi connectivity index (χ0) is 23.2. The second-order valence-corrected chi connectivity index (χ2v) is 8.93. The normalized spacial score (nSPS) is 13.1. The van der Waals surface area contributed by atoms with Gasteiger partial charge < -0.3 is 5.32 Å². The van der Waals surface area contributed by atoms with E-state index < -0.39 is 0 Å². The first-order chi connectivity index (χ1) is 16.1. The molecule has 4 heterocycles. The maximum Gasteiger partial charge on any atom is 0.103 e. The zero-order valence-corrected chi connectivity index (χ0v) is 19.6. The molecule has 1 fully saturated rings. The Morgan fingerprint density at radius 2 is 1.73 bits per heavy atom. The third-order valence-corrected chi connectivity index (χ3v) is 6.79. The Labute approximate surface area is 197 Å². The van der Waals surface area contributed by atoms with Gasteiger partial charge >= 0.3 is 0 Å². The summed E-state index contributed by atoms with van der Waals surface area (Å²) in [5, 5.41) is 30.8. The van der Waals surface area contributed by atoms with Crippen LogP contribution in [0.4, 0.5) is 0 Å². The number of hydrogen-bond donors (Lipinski definition) is 1. The van der Waals surface area contributed by atoms with E-state index in [0.29, 0.717) is 11.1 Å². The van der Waals surface area contributed by atoms with E-state index in [1.807, 2.05) is 55.3 Å². The lowest BCUT2D eigenvalue weighted by Crippen LogP contribution is -2.21. The van der Waals surface area contributed by atoms with Gasteiger partial charge in [-0.3, -0.25) is 4.68 Å². The molecule has 0 unspecified atom stereocenters. The van der Waals surface area contributed by atoms with Crippen molar-refractivity contribution in [2.24, 2.45) is 7.05 Å². The smallest absolute Gasteiger partial charge is 0.103 e. The monoisotopic (exact) mass is 455 g/mol. The number of fused-ring (bicyclic) bond motifs is 1. The van der Waals surface area contributed by atoms with Gasteiger partial charge in [0, 0.05) is 39.9 Å². The predicted octanol–water partition coefficient (Wildman–Crippen LogP) is 4.70. The van der Waals surface area contributed by atoms with E-state index >= 15 is 0 Å². The Morgan fingerprint density at radius 1 is 0.970 bits per heavy atom. The molecule has 1 saturated heterocycles. The lowest BCUT2D eigenvalue weighted by atomic mass is 10.1. The van der Waals surface area contributed by atoms with E-state index in [4.69, 9.17) is 0 Å². The molecule has 0 aliphatic carbocycles. The number of aryl methyl sites for hydroxylation is 1. The van der Waals surface area contributed by atoms with Crippen LogP contribution in [0.25, 0.3) is 16.6 Å². The van der Waals surface area contributed by atoms with Crippen LogP contribution in [0.1, 0.15) is 36.1 Å². The fourth-order valence-corrected chi connectivity index (χ4v) is 4.83. The number of nitrogens with zero attached hydrogens (tertiary/aromatic N) is 6. The van der Waals surface area contributed by atoms with Gasteiger partial charge in [0.2, 0.25) is 0 Å². The molecule has 1 aromatic carbocycles. The SMILES string of the molecule is C1CCNCC1.Cc1c(-c2cc(Sc3ccccc3C#N)c3c(C#N)cnn3c2)cnn1C. The van der Waals surface area contributed by atoms with Gasteiger partial charge in [-0.1, -0.05) is 30.3 Å². The molecule has 33 heavy (non-hydrogen) atoms. The number of rotatable bonds is 3. The molecule has 0 saturated carbocycles. The molecular weight excluding hydrogens is 430 g/mol. The zero-order valence-electron chi connectivity index (χ0n) is 18.7. The molecule has 0 bridgehead atoms. The largest absolute Gasteiger partial charge is 0.317 e. The molecule has 5 rings (SSSR count). The number of piperidine rings is 1. The van der Waals surface area contributed by atoms with Crippen LogP contribution in [0, 0.1) is 29.6 Å². The molecule has 0 atom stereocenters. The summed E-state index contributed by atoms with van der Waals surface area (Å²) in [6, 6.07) is 13.9. The molecular formula is C25H25N7S. The molecule has 166 valence electrons. The number of hydrogen-bond acceptors (Lipinski definition) is 6. The summed E-state index contributed by atoms with van der Waals surface area (Å²) >= 11 is 1.46. The summed E-state index contributed by atoms with van der Waals surface area (Å²) in [6.45, 7) is 4.51. The summed E-state index contributed by atoms with van der Waals surface area (Å²) in [7, 11) is 1.90. The van der Waals surface area contributed by atoms with Gasteiger partial charge in [-0.15, -0.1) is 0 Å². The third kappa shape index (κ3) is 4.93. The fourth-order valence-electron chi connectivity index (χ4n) is 3.74. The van der Waals surface area contributed by atoms with Gasteiger partial charge in [0.15, 0.2) is 0 Å². The van der Waals surface area contributed by atoms with Crippen molar-refractivity contribution < 1.29 is 0 Å². The van der Waals surface area contributed by atoms with Crippen molar-refractivity contribution in [2.75, 3.05) is 13.1 Å². The van der Waals surface area contributed by atoms with Crippen molar-refractivity contribution >= 4 is 17.3 Å². The van der Waals surface area contributed by atoms with E-state index in [1.54, 1.807) is 16.8 Å². The first kappa shape index (κ1) is 22.6. The van der Waals surface area contributed by atoms with Crippen molar-refractivity contribution in [1.29, 1.82) is 10.5 Å². The number of aromatic nitrogens is 4. The van der Waals surface area contributed by atoms with Crippen molar-refractivity contribution in [3.05, 3.63) is 65.7 Å². The van der Waals surface area contributed by atoms with Gasteiger partial charge in [0.05, 0.1) is 29.0 Å². The van der Waals surface area contributed by atoms with Crippen LogP contribution >= 0.6 is 11.8 Å². The first-order valence-electron chi connectivity index (χ1n) is 10.9. The third-order valence-electron chi connectivity index (χ3n) is 5.68. The van der Waals surface area contributed by atoms with Crippen molar-refractivity contribution in [2.45, 2.75) is 36.0 Å². The molecule has 1 aliphatic heterocycles. The molecule has 7 nitrogen and oxygen atoms in total. The lowest BCUT2D eigenvalue weighted by Gasteiger charge is -2.10. The molecule has 0 spiro atoms. The average Bonchev–Trinajstić information content (AvgIpc) is 3.43. The van der Waals surface area contributed by atoms with Gasteiger partial charge in [-0.25, -0.2) is 4.52 Å². The van der Waals surface area contributed by atoms with Crippen LogP contribution in [0.5, 0.6) is 0 Å². The quantitative estimate of drug-likeness (QED) is 0.481. The highest BCUT2D eigenvalue weighted by Gasteiger charge is 2.16. The molecule has 1 N–H and O–H groups in total. The summed E-state index contributed by atoms with van der Waals surface area (Å²) in [4.78, 5) is 1.71. The number of benzene rings is 1. The fraction of sp³-hybridized carbons (Fsp3) is 0.280. The summed E-state index contributed by atoms with van der Waals surface area (Å²) in [5.74, 6) is 0. The molecule has 0 radical (unpaired) electrons. The average molecular weight is 456 g/mol. The van der Waals surface area contributed by atoms with Gasteiger partial charge in [0.1, 0.15) is 12.1 Å². The lowest BCUT2D eigenvalue weighted by molar-refractivity contribution is 0.520. The topological polar surface area (TPSA) is 94.7 Å². The summed E-state index contributed by atoms with van der Waals surface area (Å²) in [5.41, 5.74) is 4.83. The minimum atomic E-state index is 0.501. The van der Waals surface area contributed by atoms with Crippen LogP contribution in [-0.4, -0.2) is 32.5 Å². The van der Waals surface area contributed by atoms with Crippen molar-refractivity contribution in [1.82, 2.24) is 24.7 Å². The van der Waals surface area contributed by atoms with E-state index in [9.17, 15) is 10.5 Å². The van der Waals surface area contributed by atoms with Crippen LogP contribution in [0.3, 0.4) is 0 Å². The molecule has 8 heteroatoms. The molecule has 3 aromatic heterocycles. The highest BCUT2D eigenvalue weighted by molar-refractivity contribution is 7.99. The Kier molecular flexibility index (Phi) is 7.09. The minimum Gasteiger partial charge on any atom is -0.317 e. The van der Waals surface area contributed by atoms with Gasteiger partial charge in [0.25, 0.3) is 0 Å². The maximum atomic E-state index is 9.47. The Morgan fingerprint density at radius 3 is 2.33 bits per heavy atom. The highest BCUT2D eigenvalue weighted by atomic mass is 32.2.